The second-order valence-corrected chi connectivity index (χ2v) is 3.66. The van der Waals surface area contributed by atoms with Crippen molar-refractivity contribution in [2.24, 2.45) is 0 Å². The van der Waals surface area contributed by atoms with Crippen molar-refractivity contribution in [3.05, 3.63) is 22.7 Å². The van der Waals surface area contributed by atoms with Gasteiger partial charge in [0.2, 0.25) is 0 Å². The van der Waals surface area contributed by atoms with E-state index < -0.39 is 24.1 Å². The van der Waals surface area contributed by atoms with Crippen molar-refractivity contribution < 1.29 is 14.9 Å². The molecule has 0 spiro atoms. The molecule has 1 aromatic heterocycles. The van der Waals surface area contributed by atoms with Gasteiger partial charge in [0.05, 0.1) is 12.7 Å². The van der Waals surface area contributed by atoms with Crippen LogP contribution in [0.25, 0.3) is 0 Å². The summed E-state index contributed by atoms with van der Waals surface area (Å²) in [6.45, 7) is -0.283. The zero-order chi connectivity index (χ0) is 11.7. The number of nitrogens with two attached hydrogens (primary N) is 1. The van der Waals surface area contributed by atoms with Crippen LogP contribution in [0.15, 0.2) is 17.1 Å². The second kappa shape index (κ2) is 4.20. The number of nitrogen functional groups attached to an aromatic ring is 1. The summed E-state index contributed by atoms with van der Waals surface area (Å²) in [5, 5.41) is 18.4. The summed E-state index contributed by atoms with van der Waals surface area (Å²) in [6.07, 6.45) is -0.333. The number of hydrogen-bond donors (Lipinski definition) is 3. The van der Waals surface area contributed by atoms with Crippen molar-refractivity contribution in [2.75, 3.05) is 12.3 Å². The van der Waals surface area contributed by atoms with Gasteiger partial charge in [0.15, 0.2) is 0 Å². The minimum atomic E-state index is -0.778. The smallest absolute Gasteiger partial charge is 0.351 e. The van der Waals surface area contributed by atoms with Crippen LogP contribution >= 0.6 is 0 Å². The Labute approximate surface area is 91.1 Å². The van der Waals surface area contributed by atoms with Crippen LogP contribution in [0.2, 0.25) is 0 Å². The topological polar surface area (TPSA) is 111 Å². The Balaban J connectivity index is 2.23. The van der Waals surface area contributed by atoms with Crippen LogP contribution in [-0.2, 0) is 4.74 Å². The average Bonchev–Trinajstić information content (AvgIpc) is 2.59. The average molecular weight is 227 g/mol. The van der Waals surface area contributed by atoms with Crippen molar-refractivity contribution in [3.63, 3.8) is 0 Å². The first kappa shape index (κ1) is 11.1. The molecular weight excluding hydrogens is 214 g/mol. The molecule has 1 saturated heterocycles. The first-order valence-electron chi connectivity index (χ1n) is 4.91. The highest BCUT2D eigenvalue weighted by atomic mass is 16.5. The summed E-state index contributed by atoms with van der Waals surface area (Å²) >= 11 is 0. The Bertz CT molecular complexity index is 433. The molecule has 1 aliphatic rings. The van der Waals surface area contributed by atoms with Gasteiger partial charge in [0.25, 0.3) is 0 Å². The third-order valence-corrected chi connectivity index (χ3v) is 2.55. The fourth-order valence-electron chi connectivity index (χ4n) is 1.70. The number of nitrogens with zero attached hydrogens (tertiary/aromatic N) is 2. The monoisotopic (exact) mass is 227 g/mol. The molecule has 0 amide bonds. The highest BCUT2D eigenvalue weighted by Gasteiger charge is 2.34. The molecule has 0 radical (unpaired) electrons. The highest BCUT2D eigenvalue weighted by Crippen LogP contribution is 2.27. The molecule has 0 unspecified atom stereocenters. The van der Waals surface area contributed by atoms with Crippen molar-refractivity contribution in [1.29, 1.82) is 0 Å². The van der Waals surface area contributed by atoms with E-state index in [9.17, 15) is 9.90 Å². The molecule has 1 fully saturated rings. The zero-order valence-electron chi connectivity index (χ0n) is 8.48. The third-order valence-electron chi connectivity index (χ3n) is 2.55. The summed E-state index contributed by atoms with van der Waals surface area (Å²) < 4.78 is 6.56. The molecule has 4 N–H and O–H groups in total. The quantitative estimate of drug-likeness (QED) is 0.565. The number of aliphatic hydroxyl groups excluding tert-OH is 2. The van der Waals surface area contributed by atoms with E-state index in [-0.39, 0.29) is 18.8 Å². The molecular formula is C9H13N3O4. The van der Waals surface area contributed by atoms with Crippen molar-refractivity contribution >= 4 is 5.82 Å². The van der Waals surface area contributed by atoms with Crippen LogP contribution in [0.1, 0.15) is 12.6 Å². The van der Waals surface area contributed by atoms with Crippen LogP contribution in [0, 0.1) is 0 Å². The first-order chi connectivity index (χ1) is 7.61. The van der Waals surface area contributed by atoms with Gasteiger partial charge in [-0.15, -0.1) is 0 Å². The highest BCUT2D eigenvalue weighted by molar-refractivity contribution is 5.23. The number of hydrogen-bond acceptors (Lipinski definition) is 6. The van der Waals surface area contributed by atoms with Gasteiger partial charge in [-0.25, -0.2) is 4.79 Å². The molecule has 88 valence electrons. The van der Waals surface area contributed by atoms with E-state index in [0.717, 1.165) is 0 Å². The first-order valence-corrected chi connectivity index (χ1v) is 4.91. The maximum atomic E-state index is 11.5. The predicted octanol–water partition coefficient (Wildman–Crippen LogP) is -1.53. The Morgan fingerprint density at radius 2 is 2.44 bits per heavy atom. The minimum absolute atomic E-state index is 0.138. The Morgan fingerprint density at radius 1 is 1.69 bits per heavy atom. The number of ether oxygens (including phenoxy) is 1. The van der Waals surface area contributed by atoms with E-state index in [1.165, 1.54) is 16.8 Å². The van der Waals surface area contributed by atoms with Gasteiger partial charge in [0, 0.05) is 12.6 Å². The third kappa shape index (κ3) is 1.92. The summed E-state index contributed by atoms with van der Waals surface area (Å²) in [5.74, 6) is 0.138. The van der Waals surface area contributed by atoms with Gasteiger partial charge < -0.3 is 20.7 Å². The van der Waals surface area contributed by atoms with Gasteiger partial charge >= 0.3 is 5.69 Å². The lowest BCUT2D eigenvalue weighted by molar-refractivity contribution is -0.0458. The lowest BCUT2D eigenvalue weighted by atomic mass is 10.2. The molecule has 16 heavy (non-hydrogen) atoms. The molecule has 0 aliphatic carbocycles. The number of aromatic nitrogens is 2. The Kier molecular flexibility index (Phi) is 2.90. The van der Waals surface area contributed by atoms with Gasteiger partial charge in [-0.2, -0.15) is 4.98 Å². The van der Waals surface area contributed by atoms with Gasteiger partial charge in [-0.05, 0) is 6.07 Å². The lowest BCUT2D eigenvalue weighted by Gasteiger charge is -2.13. The second-order valence-electron chi connectivity index (χ2n) is 3.66. The van der Waals surface area contributed by atoms with E-state index in [4.69, 9.17) is 15.6 Å². The van der Waals surface area contributed by atoms with E-state index in [1.807, 2.05) is 0 Å². The predicted molar refractivity (Wildman–Crippen MR) is 54.5 cm³/mol. The molecule has 0 bridgehead atoms. The molecule has 0 saturated carbocycles. The molecule has 2 rings (SSSR count). The number of rotatable bonds is 2. The Hall–Kier alpha value is -1.44. The molecule has 7 heteroatoms. The minimum Gasteiger partial charge on any atom is -0.394 e. The summed E-state index contributed by atoms with van der Waals surface area (Å²) in [5.41, 5.74) is 4.82. The summed E-state index contributed by atoms with van der Waals surface area (Å²) in [4.78, 5) is 15.0. The molecule has 0 aromatic carbocycles. The fraction of sp³-hybridized carbons (Fsp3) is 0.556. The zero-order valence-corrected chi connectivity index (χ0v) is 8.48. The maximum absolute atomic E-state index is 11.5. The summed E-state index contributed by atoms with van der Waals surface area (Å²) in [7, 11) is 0. The number of anilines is 1. The van der Waals surface area contributed by atoms with E-state index in [0.29, 0.717) is 0 Å². The van der Waals surface area contributed by atoms with Gasteiger partial charge in [0.1, 0.15) is 18.1 Å². The van der Waals surface area contributed by atoms with Crippen LogP contribution in [0.5, 0.6) is 0 Å². The van der Waals surface area contributed by atoms with Crippen LogP contribution in [0.3, 0.4) is 0 Å². The maximum Gasteiger partial charge on any atom is 0.351 e. The molecule has 1 aliphatic heterocycles. The number of aliphatic hydroxyl groups is 2. The standard InChI is InChI=1S/C9H13N3O4/c10-7-1-2-12(9(15)11-7)8-3-5(14)6(4-13)16-8/h1-2,5-6,8,13-14H,3-4H2,(H2,10,11,15)/t5-,6+,8-/m0/s1. The van der Waals surface area contributed by atoms with Crippen molar-refractivity contribution in [2.45, 2.75) is 24.9 Å². The molecule has 2 heterocycles. The largest absolute Gasteiger partial charge is 0.394 e. The van der Waals surface area contributed by atoms with Gasteiger partial charge in [-0.3, -0.25) is 4.57 Å². The lowest BCUT2D eigenvalue weighted by Crippen LogP contribution is -2.27. The van der Waals surface area contributed by atoms with E-state index in [2.05, 4.69) is 4.98 Å². The molecule has 1 aromatic rings. The van der Waals surface area contributed by atoms with Crippen LogP contribution in [-0.4, -0.2) is 38.6 Å². The van der Waals surface area contributed by atoms with Crippen molar-refractivity contribution in [3.8, 4) is 0 Å². The normalized spacial score (nSPS) is 29.5. The van der Waals surface area contributed by atoms with Crippen LogP contribution < -0.4 is 11.4 Å². The molecule has 7 nitrogen and oxygen atoms in total. The SMILES string of the molecule is Nc1ccn([C@@H]2C[C@H](O)[C@@H](CO)O2)c(=O)n1. The Morgan fingerprint density at radius 3 is 3.00 bits per heavy atom. The van der Waals surface area contributed by atoms with Gasteiger partial charge in [-0.1, -0.05) is 0 Å². The van der Waals surface area contributed by atoms with Crippen LogP contribution in [0.4, 0.5) is 5.82 Å². The summed E-state index contributed by atoms with van der Waals surface area (Å²) in [6, 6.07) is 1.48. The van der Waals surface area contributed by atoms with Crippen molar-refractivity contribution in [1.82, 2.24) is 9.55 Å². The van der Waals surface area contributed by atoms with E-state index in [1.54, 1.807) is 0 Å². The molecule has 3 atom stereocenters. The fourth-order valence-corrected chi connectivity index (χ4v) is 1.70. The van der Waals surface area contributed by atoms with E-state index >= 15 is 0 Å².